The van der Waals surface area contributed by atoms with Gasteiger partial charge in [0.05, 0.1) is 0 Å². The Morgan fingerprint density at radius 1 is 0.625 bits per heavy atom. The molecule has 0 atom stereocenters. The lowest BCUT2D eigenvalue weighted by Crippen LogP contribution is -1.92. The van der Waals surface area contributed by atoms with Crippen LogP contribution in [0.5, 0.6) is 0 Å². The van der Waals surface area contributed by atoms with Gasteiger partial charge in [-0.25, -0.2) is 0 Å². The first-order valence-corrected chi connectivity index (χ1v) is 6.27. The molecule has 0 radical (unpaired) electrons. The lowest BCUT2D eigenvalue weighted by atomic mass is 10.5. The minimum atomic E-state index is 0.924. The summed E-state index contributed by atoms with van der Waals surface area (Å²) in [6.45, 7) is 14.2. The lowest BCUT2D eigenvalue weighted by Gasteiger charge is -1.95. The first kappa shape index (κ1) is 20.9. The van der Waals surface area contributed by atoms with Crippen molar-refractivity contribution in [1.29, 1.82) is 0 Å². The highest BCUT2D eigenvalue weighted by molar-refractivity contribution is 5.10. The zero-order chi connectivity index (χ0) is 13.1. The molecule has 0 aliphatic rings. The Labute approximate surface area is 102 Å². The van der Waals surface area contributed by atoms with E-state index in [9.17, 15) is 0 Å². The Hall–Kier alpha value is -0.410. The molecule has 3 nitrogen and oxygen atoms in total. The summed E-state index contributed by atoms with van der Waals surface area (Å²) in [5.74, 6) is 0. The number of carbonyl (C=O) groups is 1. The van der Waals surface area contributed by atoms with Crippen molar-refractivity contribution >= 4 is 6.79 Å². The van der Waals surface area contributed by atoms with Crippen molar-refractivity contribution < 1.29 is 14.3 Å². The fraction of sp³-hybridized carbons (Fsp3) is 0.923. The summed E-state index contributed by atoms with van der Waals surface area (Å²) in [5.41, 5.74) is 0. The number of rotatable bonds is 8. The summed E-state index contributed by atoms with van der Waals surface area (Å²) < 4.78 is 10.3. The number of carbonyl (C=O) groups excluding carboxylic acids is 1. The first-order chi connectivity index (χ1) is 7.83. The first-order valence-electron chi connectivity index (χ1n) is 6.27. The van der Waals surface area contributed by atoms with Crippen molar-refractivity contribution in [2.45, 2.75) is 53.4 Å². The van der Waals surface area contributed by atoms with Gasteiger partial charge in [-0.05, 0) is 25.7 Å². The van der Waals surface area contributed by atoms with E-state index in [0.29, 0.717) is 0 Å². The van der Waals surface area contributed by atoms with Crippen LogP contribution >= 0.6 is 0 Å². The second-order valence-corrected chi connectivity index (χ2v) is 3.22. The molecule has 0 aliphatic heterocycles. The van der Waals surface area contributed by atoms with Gasteiger partial charge < -0.3 is 14.3 Å². The highest BCUT2D eigenvalue weighted by Crippen LogP contribution is 1.82. The molecule has 16 heavy (non-hydrogen) atoms. The van der Waals surface area contributed by atoms with E-state index in [-0.39, 0.29) is 0 Å². The SMILES string of the molecule is C=O.CCCOCCC.CCCOCCC. The summed E-state index contributed by atoms with van der Waals surface area (Å²) in [5, 5.41) is 0. The van der Waals surface area contributed by atoms with Crippen molar-refractivity contribution in [3.8, 4) is 0 Å². The van der Waals surface area contributed by atoms with Gasteiger partial charge in [0.25, 0.3) is 0 Å². The maximum Gasteiger partial charge on any atom is 0.106 e. The van der Waals surface area contributed by atoms with Crippen LogP contribution in [0.25, 0.3) is 0 Å². The van der Waals surface area contributed by atoms with Crippen LogP contribution < -0.4 is 0 Å². The Balaban J connectivity index is -0.000000183. The van der Waals surface area contributed by atoms with Crippen molar-refractivity contribution in [2.24, 2.45) is 0 Å². The minimum absolute atomic E-state index is 0.924. The predicted octanol–water partition coefficient (Wildman–Crippen LogP) is 3.46. The number of ether oxygens (including phenoxy) is 2. The van der Waals surface area contributed by atoms with Crippen molar-refractivity contribution in [3.63, 3.8) is 0 Å². The summed E-state index contributed by atoms with van der Waals surface area (Å²) in [4.78, 5) is 8.00. The standard InChI is InChI=1S/2C6H14O.CH2O/c2*1-3-5-7-6-4-2;1-2/h2*3-6H2,1-2H3;1H2. The summed E-state index contributed by atoms with van der Waals surface area (Å²) in [6, 6.07) is 0. The number of hydrogen-bond acceptors (Lipinski definition) is 3. The summed E-state index contributed by atoms with van der Waals surface area (Å²) in [7, 11) is 0. The zero-order valence-corrected chi connectivity index (χ0v) is 11.6. The molecule has 0 aromatic carbocycles. The Morgan fingerprint density at radius 2 is 0.812 bits per heavy atom. The molecule has 0 amide bonds. The van der Waals surface area contributed by atoms with Crippen LogP contribution in [0.4, 0.5) is 0 Å². The molecule has 0 fully saturated rings. The normalized spacial score (nSPS) is 8.50. The highest BCUT2D eigenvalue weighted by atomic mass is 16.5. The Bertz CT molecular complexity index is 69.2. The molecular weight excluding hydrogens is 204 g/mol. The van der Waals surface area contributed by atoms with Crippen LogP contribution in [0.1, 0.15) is 53.4 Å². The molecule has 0 N–H and O–H groups in total. The Kier molecular flexibility index (Phi) is 38.3. The minimum Gasteiger partial charge on any atom is -0.381 e. The molecule has 0 spiro atoms. The van der Waals surface area contributed by atoms with Gasteiger partial charge in [0, 0.05) is 26.4 Å². The van der Waals surface area contributed by atoms with Crippen LogP contribution in [0.15, 0.2) is 0 Å². The van der Waals surface area contributed by atoms with Crippen LogP contribution in [-0.2, 0) is 14.3 Å². The molecule has 0 rings (SSSR count). The third-order valence-corrected chi connectivity index (χ3v) is 1.39. The van der Waals surface area contributed by atoms with Gasteiger partial charge >= 0.3 is 0 Å². The molecule has 0 saturated heterocycles. The van der Waals surface area contributed by atoms with Crippen molar-refractivity contribution in [2.75, 3.05) is 26.4 Å². The third-order valence-electron chi connectivity index (χ3n) is 1.39. The molecule has 0 bridgehead atoms. The van der Waals surface area contributed by atoms with Gasteiger partial charge in [-0.3, -0.25) is 0 Å². The van der Waals surface area contributed by atoms with E-state index in [1.54, 1.807) is 0 Å². The zero-order valence-electron chi connectivity index (χ0n) is 11.6. The second kappa shape index (κ2) is 29.3. The molecule has 0 heterocycles. The van der Waals surface area contributed by atoms with Crippen molar-refractivity contribution in [1.82, 2.24) is 0 Å². The Morgan fingerprint density at radius 3 is 0.938 bits per heavy atom. The largest absolute Gasteiger partial charge is 0.381 e. The van der Waals surface area contributed by atoms with Gasteiger partial charge in [0.1, 0.15) is 6.79 Å². The lowest BCUT2D eigenvalue weighted by molar-refractivity contribution is -0.0979. The topological polar surface area (TPSA) is 35.5 Å². The molecule has 0 unspecified atom stereocenters. The number of hydrogen-bond donors (Lipinski definition) is 0. The fourth-order valence-corrected chi connectivity index (χ4v) is 0.781. The van der Waals surface area contributed by atoms with E-state index in [2.05, 4.69) is 27.7 Å². The van der Waals surface area contributed by atoms with E-state index in [0.717, 1.165) is 52.1 Å². The van der Waals surface area contributed by atoms with Gasteiger partial charge in [-0.2, -0.15) is 0 Å². The molecule has 0 aromatic rings. The van der Waals surface area contributed by atoms with Gasteiger partial charge in [0.2, 0.25) is 0 Å². The van der Waals surface area contributed by atoms with E-state index in [4.69, 9.17) is 14.3 Å². The second-order valence-electron chi connectivity index (χ2n) is 3.22. The van der Waals surface area contributed by atoms with E-state index < -0.39 is 0 Å². The summed E-state index contributed by atoms with van der Waals surface area (Å²) >= 11 is 0. The van der Waals surface area contributed by atoms with Gasteiger partial charge in [-0.15, -0.1) is 0 Å². The van der Waals surface area contributed by atoms with E-state index in [1.165, 1.54) is 0 Å². The molecule has 0 saturated carbocycles. The molecule has 100 valence electrons. The summed E-state index contributed by atoms with van der Waals surface area (Å²) in [6.07, 6.45) is 4.56. The van der Waals surface area contributed by atoms with Gasteiger partial charge in [-0.1, -0.05) is 27.7 Å². The highest BCUT2D eigenvalue weighted by Gasteiger charge is 1.78. The molecular formula is C13H30O3. The molecule has 0 aliphatic carbocycles. The monoisotopic (exact) mass is 234 g/mol. The predicted molar refractivity (Wildman–Crippen MR) is 69.9 cm³/mol. The van der Waals surface area contributed by atoms with Crippen LogP contribution in [0, 0.1) is 0 Å². The average molecular weight is 234 g/mol. The van der Waals surface area contributed by atoms with Crippen LogP contribution in [0.3, 0.4) is 0 Å². The maximum absolute atomic E-state index is 8.00. The quantitative estimate of drug-likeness (QED) is 0.603. The van der Waals surface area contributed by atoms with Crippen molar-refractivity contribution in [3.05, 3.63) is 0 Å². The fourth-order valence-electron chi connectivity index (χ4n) is 0.781. The smallest absolute Gasteiger partial charge is 0.106 e. The van der Waals surface area contributed by atoms with Gasteiger partial charge in [0.15, 0.2) is 0 Å². The van der Waals surface area contributed by atoms with E-state index in [1.807, 2.05) is 6.79 Å². The average Bonchev–Trinajstić information content (AvgIpc) is 2.34. The maximum atomic E-state index is 8.00. The van der Waals surface area contributed by atoms with Crippen LogP contribution in [0.2, 0.25) is 0 Å². The van der Waals surface area contributed by atoms with Crippen LogP contribution in [-0.4, -0.2) is 33.2 Å². The molecule has 0 aromatic heterocycles. The third kappa shape index (κ3) is 37.4. The molecule has 3 heteroatoms. The van der Waals surface area contributed by atoms with E-state index >= 15 is 0 Å².